The number of benzene rings is 1. The number of rotatable bonds is 4. The van der Waals surface area contributed by atoms with E-state index in [9.17, 15) is 14.4 Å². The SMILES string of the molecule is C[C@@H]1CN(C(=O)c2ccccc2)CCN1C(=O)C(=O)c1c[nH]c2c(N3CC=CC=N3)ncc(Br)c12. The summed E-state index contributed by atoms with van der Waals surface area (Å²) in [6, 6.07) is 8.76. The van der Waals surface area contributed by atoms with Crippen LogP contribution in [0.15, 0.2) is 64.5 Å². The zero-order chi connectivity index (χ0) is 24.5. The molecule has 10 heteroatoms. The van der Waals surface area contributed by atoms with Gasteiger partial charge >= 0.3 is 0 Å². The lowest BCUT2D eigenvalue weighted by Gasteiger charge is -2.39. The van der Waals surface area contributed by atoms with Crippen molar-refractivity contribution < 1.29 is 14.4 Å². The number of ketones is 1. The number of aromatic nitrogens is 2. The molecule has 2 aromatic heterocycles. The van der Waals surface area contributed by atoms with E-state index in [-0.39, 0.29) is 24.1 Å². The second kappa shape index (κ2) is 9.46. The number of pyridine rings is 1. The van der Waals surface area contributed by atoms with Crippen LogP contribution in [-0.2, 0) is 4.79 Å². The topological polar surface area (TPSA) is 102 Å². The Morgan fingerprint density at radius 3 is 2.66 bits per heavy atom. The molecule has 1 saturated heterocycles. The molecule has 5 rings (SSSR count). The number of amides is 2. The number of fused-ring (bicyclic) bond motifs is 1. The number of piperazine rings is 1. The summed E-state index contributed by atoms with van der Waals surface area (Å²) in [5.41, 5.74) is 1.50. The van der Waals surface area contributed by atoms with Crippen LogP contribution >= 0.6 is 15.9 Å². The van der Waals surface area contributed by atoms with E-state index in [2.05, 4.69) is 31.0 Å². The molecule has 0 radical (unpaired) electrons. The lowest BCUT2D eigenvalue weighted by Crippen LogP contribution is -2.56. The number of hydrazone groups is 1. The average Bonchev–Trinajstić information content (AvgIpc) is 3.35. The van der Waals surface area contributed by atoms with Crippen molar-refractivity contribution in [3.8, 4) is 0 Å². The molecule has 4 heterocycles. The molecule has 1 atom stereocenters. The number of carbonyl (C=O) groups excluding carboxylic acids is 3. The quantitative estimate of drug-likeness (QED) is 0.409. The fourth-order valence-corrected chi connectivity index (χ4v) is 4.97. The highest BCUT2D eigenvalue weighted by Crippen LogP contribution is 2.33. The van der Waals surface area contributed by atoms with Gasteiger partial charge in [0, 0.05) is 59.7 Å². The highest BCUT2D eigenvalue weighted by Gasteiger charge is 2.34. The molecule has 35 heavy (non-hydrogen) atoms. The Labute approximate surface area is 210 Å². The molecule has 0 saturated carbocycles. The summed E-state index contributed by atoms with van der Waals surface area (Å²) < 4.78 is 0.608. The molecular weight excluding hydrogens is 512 g/mol. The van der Waals surface area contributed by atoms with Gasteiger partial charge in [-0.15, -0.1) is 0 Å². The number of hydrogen-bond donors (Lipinski definition) is 1. The molecule has 0 bridgehead atoms. The molecule has 2 aliphatic rings. The first-order chi connectivity index (χ1) is 17.0. The number of Topliss-reactive ketones (excluding diaryl/α,β-unsaturated/α-hetero) is 1. The Hall–Kier alpha value is -3.79. The van der Waals surface area contributed by atoms with Crippen molar-refractivity contribution in [2.45, 2.75) is 13.0 Å². The van der Waals surface area contributed by atoms with Gasteiger partial charge in [-0.1, -0.05) is 24.3 Å². The molecule has 0 aliphatic carbocycles. The van der Waals surface area contributed by atoms with Crippen molar-refractivity contribution >= 4 is 56.5 Å². The second-order valence-electron chi connectivity index (χ2n) is 8.45. The molecule has 1 N–H and O–H groups in total. The van der Waals surface area contributed by atoms with E-state index in [1.165, 1.54) is 0 Å². The van der Waals surface area contributed by atoms with Gasteiger partial charge in [0.1, 0.15) is 0 Å². The number of nitrogens with one attached hydrogen (secondary N) is 1. The number of halogens is 1. The van der Waals surface area contributed by atoms with Gasteiger partial charge < -0.3 is 14.8 Å². The maximum Gasteiger partial charge on any atom is 0.295 e. The smallest absolute Gasteiger partial charge is 0.295 e. The Kier molecular flexibility index (Phi) is 6.21. The minimum atomic E-state index is -0.606. The van der Waals surface area contributed by atoms with Crippen molar-refractivity contribution in [2.75, 3.05) is 31.2 Å². The third-order valence-corrected chi connectivity index (χ3v) is 6.83. The molecule has 0 unspecified atom stereocenters. The predicted molar refractivity (Wildman–Crippen MR) is 137 cm³/mol. The van der Waals surface area contributed by atoms with E-state index in [0.717, 1.165) is 0 Å². The third-order valence-electron chi connectivity index (χ3n) is 6.23. The predicted octanol–water partition coefficient (Wildman–Crippen LogP) is 3.24. The molecule has 1 aromatic carbocycles. The molecule has 2 aliphatic heterocycles. The van der Waals surface area contributed by atoms with Crippen molar-refractivity contribution in [3.05, 3.63) is 70.5 Å². The number of allylic oxidation sites excluding steroid dienone is 1. The van der Waals surface area contributed by atoms with Crippen LogP contribution < -0.4 is 5.01 Å². The number of nitrogens with zero attached hydrogens (tertiary/aromatic N) is 5. The summed E-state index contributed by atoms with van der Waals surface area (Å²) in [6.07, 6.45) is 8.62. The zero-order valence-corrected chi connectivity index (χ0v) is 20.6. The fraction of sp³-hybridized carbons (Fsp3) is 0.240. The number of hydrogen-bond acceptors (Lipinski definition) is 6. The van der Waals surface area contributed by atoms with E-state index < -0.39 is 11.7 Å². The highest BCUT2D eigenvalue weighted by molar-refractivity contribution is 9.10. The fourth-order valence-electron chi connectivity index (χ4n) is 4.45. The molecule has 2 amide bonds. The molecular formula is C25H23BrN6O3. The number of carbonyl (C=O) groups is 3. The van der Waals surface area contributed by atoms with Gasteiger partial charge in [0.2, 0.25) is 0 Å². The summed E-state index contributed by atoms with van der Waals surface area (Å²) in [6.45, 7) is 3.41. The summed E-state index contributed by atoms with van der Waals surface area (Å²) in [5, 5.41) is 6.63. The molecule has 178 valence electrons. The van der Waals surface area contributed by atoms with E-state index in [1.807, 2.05) is 37.3 Å². The first kappa shape index (κ1) is 23.0. The summed E-state index contributed by atoms with van der Waals surface area (Å²) in [5.74, 6) is -0.705. The Morgan fingerprint density at radius 2 is 1.94 bits per heavy atom. The van der Waals surface area contributed by atoms with Crippen molar-refractivity contribution in [2.24, 2.45) is 5.10 Å². The molecule has 3 aromatic rings. The highest BCUT2D eigenvalue weighted by atomic mass is 79.9. The summed E-state index contributed by atoms with van der Waals surface area (Å²) in [4.78, 5) is 50.3. The van der Waals surface area contributed by atoms with Crippen LogP contribution in [0.2, 0.25) is 0 Å². The molecule has 9 nitrogen and oxygen atoms in total. The first-order valence-electron chi connectivity index (χ1n) is 11.3. The van der Waals surface area contributed by atoms with Crippen molar-refractivity contribution in [1.29, 1.82) is 0 Å². The lowest BCUT2D eigenvalue weighted by molar-refractivity contribution is -0.130. The Morgan fingerprint density at radius 1 is 1.14 bits per heavy atom. The zero-order valence-electron chi connectivity index (χ0n) is 19.0. The number of H-pyrrole nitrogens is 1. The minimum absolute atomic E-state index is 0.0771. The lowest BCUT2D eigenvalue weighted by atomic mass is 10.1. The summed E-state index contributed by atoms with van der Waals surface area (Å²) in [7, 11) is 0. The van der Waals surface area contributed by atoms with Gasteiger partial charge in [-0.2, -0.15) is 5.10 Å². The van der Waals surface area contributed by atoms with Crippen LogP contribution in [0.25, 0.3) is 10.9 Å². The maximum absolute atomic E-state index is 13.4. The third kappa shape index (κ3) is 4.25. The number of aromatic amines is 1. The van der Waals surface area contributed by atoms with E-state index in [4.69, 9.17) is 0 Å². The van der Waals surface area contributed by atoms with Gasteiger partial charge in [-0.05, 0) is 41.1 Å². The van der Waals surface area contributed by atoms with Crippen LogP contribution in [-0.4, -0.2) is 75.8 Å². The van der Waals surface area contributed by atoms with Gasteiger partial charge in [0.05, 0.1) is 17.6 Å². The van der Waals surface area contributed by atoms with E-state index in [0.29, 0.717) is 46.4 Å². The van der Waals surface area contributed by atoms with Crippen LogP contribution in [0.3, 0.4) is 0 Å². The van der Waals surface area contributed by atoms with Gasteiger partial charge in [-0.3, -0.25) is 14.4 Å². The van der Waals surface area contributed by atoms with Crippen molar-refractivity contribution in [1.82, 2.24) is 19.8 Å². The summed E-state index contributed by atoms with van der Waals surface area (Å²) >= 11 is 3.48. The van der Waals surface area contributed by atoms with Crippen LogP contribution in [0.5, 0.6) is 0 Å². The average molecular weight is 535 g/mol. The van der Waals surface area contributed by atoms with Crippen LogP contribution in [0.4, 0.5) is 5.82 Å². The van der Waals surface area contributed by atoms with Gasteiger partial charge in [0.15, 0.2) is 5.82 Å². The Bertz CT molecular complexity index is 1370. The van der Waals surface area contributed by atoms with Gasteiger partial charge in [-0.25, -0.2) is 9.99 Å². The van der Waals surface area contributed by atoms with Crippen LogP contribution in [0.1, 0.15) is 27.6 Å². The monoisotopic (exact) mass is 534 g/mol. The first-order valence-corrected chi connectivity index (χ1v) is 12.1. The normalized spacial score (nSPS) is 17.8. The second-order valence-corrected chi connectivity index (χ2v) is 9.31. The van der Waals surface area contributed by atoms with E-state index >= 15 is 0 Å². The largest absolute Gasteiger partial charge is 0.357 e. The standard InChI is InChI=1S/C25H23BrN6O3/c1-16-15-30(24(34)17-7-3-2-4-8-17)11-12-31(16)25(35)22(33)18-13-27-21-20(18)19(26)14-28-23(21)32-10-6-5-9-29-32/h2-9,13-14,16,27H,10-12,15H2,1H3/t16-/m1/s1. The Balaban J connectivity index is 1.36. The van der Waals surface area contributed by atoms with Crippen LogP contribution in [0, 0.1) is 0 Å². The molecule has 0 spiro atoms. The van der Waals surface area contributed by atoms with Gasteiger partial charge in [0.25, 0.3) is 17.6 Å². The maximum atomic E-state index is 13.4. The number of anilines is 1. The van der Waals surface area contributed by atoms with E-state index in [1.54, 1.807) is 45.5 Å². The van der Waals surface area contributed by atoms with Crippen molar-refractivity contribution in [3.63, 3.8) is 0 Å². The molecule has 1 fully saturated rings. The minimum Gasteiger partial charge on any atom is -0.357 e.